The fourth-order valence-electron chi connectivity index (χ4n) is 1.84. The van der Waals surface area contributed by atoms with Crippen molar-refractivity contribution in [2.75, 3.05) is 19.0 Å². The average Bonchev–Trinajstić information content (AvgIpc) is 2.38. The van der Waals surface area contributed by atoms with Crippen LogP contribution < -0.4 is 5.32 Å². The molecule has 104 valence electrons. The molecule has 0 aliphatic rings. The lowest BCUT2D eigenvalue weighted by molar-refractivity contribution is 0.171. The number of anilines is 1. The van der Waals surface area contributed by atoms with Crippen molar-refractivity contribution in [1.82, 2.24) is 0 Å². The molecular weight excluding hydrogens is 236 g/mol. The molecule has 1 unspecified atom stereocenters. The highest BCUT2D eigenvalue weighted by molar-refractivity contribution is 5.47. The van der Waals surface area contributed by atoms with Crippen LogP contribution in [0.1, 0.15) is 33.3 Å². The minimum atomic E-state index is -0.442. The van der Waals surface area contributed by atoms with Gasteiger partial charge in [-0.1, -0.05) is 26.0 Å². The van der Waals surface area contributed by atoms with E-state index in [0.717, 1.165) is 11.3 Å². The molecular formula is C16H24N2O. The molecule has 1 N–H and O–H groups in total. The minimum Gasteiger partial charge on any atom is -0.383 e. The van der Waals surface area contributed by atoms with Gasteiger partial charge in [0.25, 0.3) is 0 Å². The number of nitrogens with zero attached hydrogens (tertiary/aromatic N) is 1. The third kappa shape index (κ3) is 4.25. The molecule has 3 nitrogen and oxygen atoms in total. The second kappa shape index (κ2) is 6.58. The van der Waals surface area contributed by atoms with Gasteiger partial charge in [0.2, 0.25) is 0 Å². The summed E-state index contributed by atoms with van der Waals surface area (Å²) in [7, 11) is 1.72. The van der Waals surface area contributed by atoms with Crippen LogP contribution in [0.15, 0.2) is 24.3 Å². The van der Waals surface area contributed by atoms with E-state index < -0.39 is 5.41 Å². The first kappa shape index (κ1) is 15.5. The summed E-state index contributed by atoms with van der Waals surface area (Å²) in [4.78, 5) is 0. The minimum absolute atomic E-state index is 0.292. The van der Waals surface area contributed by atoms with Crippen LogP contribution >= 0.6 is 0 Å². The summed E-state index contributed by atoms with van der Waals surface area (Å²) in [5, 5.41) is 12.6. The summed E-state index contributed by atoms with van der Waals surface area (Å²) < 4.78 is 5.23. The molecule has 0 aliphatic heterocycles. The van der Waals surface area contributed by atoms with Crippen molar-refractivity contribution in [2.45, 2.75) is 39.2 Å². The molecule has 0 fully saturated rings. The van der Waals surface area contributed by atoms with Crippen LogP contribution in [0, 0.1) is 17.2 Å². The Balaban J connectivity index is 2.79. The van der Waals surface area contributed by atoms with Crippen LogP contribution in [0.25, 0.3) is 0 Å². The van der Waals surface area contributed by atoms with Crippen LogP contribution in [-0.4, -0.2) is 19.8 Å². The van der Waals surface area contributed by atoms with Crippen molar-refractivity contribution in [1.29, 1.82) is 5.26 Å². The Morgan fingerprint density at radius 3 is 2.26 bits per heavy atom. The zero-order chi connectivity index (χ0) is 14.5. The molecule has 1 atom stereocenters. The quantitative estimate of drug-likeness (QED) is 0.850. The maximum Gasteiger partial charge on any atom is 0.0766 e. The van der Waals surface area contributed by atoms with E-state index in [1.54, 1.807) is 7.11 Å². The van der Waals surface area contributed by atoms with Gasteiger partial charge >= 0.3 is 0 Å². The molecule has 1 rings (SSSR count). The van der Waals surface area contributed by atoms with Gasteiger partial charge in [0.15, 0.2) is 0 Å². The molecule has 1 aromatic rings. The normalized spacial score (nSPS) is 13.1. The standard InChI is InChI=1S/C16H24N2O/c1-12(2)15(10-19-5)18-14-8-6-13(7-9-14)16(3,4)11-17/h6-9,12,15,18H,10H2,1-5H3. The van der Waals surface area contributed by atoms with Crippen molar-refractivity contribution in [2.24, 2.45) is 5.92 Å². The van der Waals surface area contributed by atoms with Crippen LogP contribution in [0.4, 0.5) is 5.69 Å². The summed E-state index contributed by atoms with van der Waals surface area (Å²) in [5.41, 5.74) is 1.66. The van der Waals surface area contributed by atoms with E-state index in [4.69, 9.17) is 10.00 Å². The van der Waals surface area contributed by atoms with Crippen LogP contribution in [0.2, 0.25) is 0 Å². The third-order valence-corrected chi connectivity index (χ3v) is 3.39. The second-order valence-corrected chi connectivity index (χ2v) is 5.76. The second-order valence-electron chi connectivity index (χ2n) is 5.76. The third-order valence-electron chi connectivity index (χ3n) is 3.39. The summed E-state index contributed by atoms with van der Waals surface area (Å²) in [6, 6.07) is 10.7. The molecule has 0 saturated carbocycles. The summed E-state index contributed by atoms with van der Waals surface area (Å²) in [5.74, 6) is 0.496. The lowest BCUT2D eigenvalue weighted by Crippen LogP contribution is -2.30. The first-order valence-electron chi connectivity index (χ1n) is 6.68. The van der Waals surface area contributed by atoms with E-state index in [-0.39, 0.29) is 0 Å². The van der Waals surface area contributed by atoms with Gasteiger partial charge in [-0.2, -0.15) is 5.26 Å². The molecule has 0 radical (unpaired) electrons. The first-order chi connectivity index (χ1) is 8.90. The number of rotatable bonds is 6. The predicted molar refractivity (Wildman–Crippen MR) is 79.2 cm³/mol. The molecule has 0 saturated heterocycles. The van der Waals surface area contributed by atoms with Crippen molar-refractivity contribution in [3.63, 3.8) is 0 Å². The fraction of sp³-hybridized carbons (Fsp3) is 0.562. The van der Waals surface area contributed by atoms with E-state index in [1.807, 2.05) is 38.1 Å². The fourth-order valence-corrected chi connectivity index (χ4v) is 1.84. The smallest absolute Gasteiger partial charge is 0.0766 e. The molecule has 3 heteroatoms. The van der Waals surface area contributed by atoms with Crippen LogP contribution in [0.5, 0.6) is 0 Å². The Labute approximate surface area is 116 Å². The summed E-state index contributed by atoms with van der Waals surface area (Å²) in [6.07, 6.45) is 0. The number of benzene rings is 1. The highest BCUT2D eigenvalue weighted by Gasteiger charge is 2.19. The molecule has 0 heterocycles. The molecule has 19 heavy (non-hydrogen) atoms. The topological polar surface area (TPSA) is 45.0 Å². The SMILES string of the molecule is COCC(Nc1ccc(C(C)(C)C#N)cc1)C(C)C. The number of hydrogen-bond acceptors (Lipinski definition) is 3. The van der Waals surface area contributed by atoms with Gasteiger partial charge in [0.1, 0.15) is 0 Å². The van der Waals surface area contributed by atoms with Crippen molar-refractivity contribution >= 4 is 5.69 Å². The lowest BCUT2D eigenvalue weighted by Gasteiger charge is -2.23. The van der Waals surface area contributed by atoms with Gasteiger partial charge in [0, 0.05) is 12.8 Å². The van der Waals surface area contributed by atoms with Crippen molar-refractivity contribution < 1.29 is 4.74 Å². The number of nitrogens with one attached hydrogen (secondary N) is 1. The number of ether oxygens (including phenoxy) is 1. The Kier molecular flexibility index (Phi) is 5.38. The largest absolute Gasteiger partial charge is 0.383 e. The Morgan fingerprint density at radius 1 is 1.26 bits per heavy atom. The number of methoxy groups -OCH3 is 1. The molecule has 0 aliphatic carbocycles. The van der Waals surface area contributed by atoms with Gasteiger partial charge < -0.3 is 10.1 Å². The van der Waals surface area contributed by atoms with Crippen molar-refractivity contribution in [3.8, 4) is 6.07 Å². The van der Waals surface area contributed by atoms with Gasteiger partial charge in [-0.05, 0) is 37.5 Å². The summed E-state index contributed by atoms with van der Waals surface area (Å²) >= 11 is 0. The maximum atomic E-state index is 9.12. The van der Waals surface area contributed by atoms with E-state index >= 15 is 0 Å². The van der Waals surface area contributed by atoms with E-state index in [9.17, 15) is 0 Å². The highest BCUT2D eigenvalue weighted by atomic mass is 16.5. The monoisotopic (exact) mass is 260 g/mol. The zero-order valence-corrected chi connectivity index (χ0v) is 12.5. The average molecular weight is 260 g/mol. The van der Waals surface area contributed by atoms with E-state index in [1.165, 1.54) is 0 Å². The highest BCUT2D eigenvalue weighted by Crippen LogP contribution is 2.24. The Bertz CT molecular complexity index is 429. The van der Waals surface area contributed by atoms with Gasteiger partial charge in [-0.25, -0.2) is 0 Å². The lowest BCUT2D eigenvalue weighted by atomic mass is 9.86. The molecule has 0 amide bonds. The molecule has 1 aromatic carbocycles. The van der Waals surface area contributed by atoms with Gasteiger partial charge in [-0.3, -0.25) is 0 Å². The molecule has 0 spiro atoms. The predicted octanol–water partition coefficient (Wildman–Crippen LogP) is 3.57. The van der Waals surface area contributed by atoms with Crippen LogP contribution in [0.3, 0.4) is 0 Å². The molecule has 0 aromatic heterocycles. The Morgan fingerprint density at radius 2 is 1.84 bits per heavy atom. The zero-order valence-electron chi connectivity index (χ0n) is 12.5. The van der Waals surface area contributed by atoms with Crippen molar-refractivity contribution in [3.05, 3.63) is 29.8 Å². The maximum absolute atomic E-state index is 9.12. The summed E-state index contributed by atoms with van der Waals surface area (Å²) in [6.45, 7) is 8.88. The Hall–Kier alpha value is -1.53. The number of hydrogen-bond donors (Lipinski definition) is 1. The molecule has 0 bridgehead atoms. The van der Waals surface area contributed by atoms with Crippen LogP contribution in [-0.2, 0) is 10.2 Å². The number of nitriles is 1. The first-order valence-corrected chi connectivity index (χ1v) is 6.68. The van der Waals surface area contributed by atoms with E-state index in [0.29, 0.717) is 18.6 Å². The van der Waals surface area contributed by atoms with Gasteiger partial charge in [-0.15, -0.1) is 0 Å². The van der Waals surface area contributed by atoms with Gasteiger partial charge in [0.05, 0.1) is 24.1 Å². The van der Waals surface area contributed by atoms with E-state index in [2.05, 4.69) is 25.2 Å².